The van der Waals surface area contributed by atoms with E-state index in [4.69, 9.17) is 21.1 Å². The Morgan fingerprint density at radius 1 is 1.22 bits per heavy atom. The van der Waals surface area contributed by atoms with Gasteiger partial charge in [0.25, 0.3) is 5.69 Å². The highest BCUT2D eigenvalue weighted by Gasteiger charge is 2.20. The van der Waals surface area contributed by atoms with Crippen molar-refractivity contribution in [3.05, 3.63) is 68.0 Å². The molecule has 0 N–H and O–H groups in total. The van der Waals surface area contributed by atoms with Gasteiger partial charge >= 0.3 is 5.97 Å². The molecule has 0 aliphatic rings. The molecule has 1 heterocycles. The number of hydrogen-bond donors (Lipinski definition) is 0. The fraction of sp³-hybridized carbons (Fsp3) is 0.111. The first-order valence-corrected chi connectivity index (χ1v) is 8.81. The third-order valence-electron chi connectivity index (χ3n) is 3.74. The highest BCUT2D eigenvalue weighted by molar-refractivity contribution is 7.21. The van der Waals surface area contributed by atoms with Gasteiger partial charge in [-0.15, -0.1) is 11.3 Å². The van der Waals surface area contributed by atoms with Crippen molar-refractivity contribution in [1.29, 1.82) is 0 Å². The highest BCUT2D eigenvalue weighted by Crippen LogP contribution is 2.37. The molecule has 0 unspecified atom stereocenters. The number of nitrogens with zero attached hydrogens (tertiary/aromatic N) is 1. The number of nitro benzene ring substituents is 1. The van der Waals surface area contributed by atoms with Gasteiger partial charge < -0.3 is 9.47 Å². The third kappa shape index (κ3) is 3.91. The molecule has 0 saturated carbocycles. The summed E-state index contributed by atoms with van der Waals surface area (Å²) in [5, 5.41) is 11.7. The first-order valence-electron chi connectivity index (χ1n) is 7.61. The first kappa shape index (κ1) is 18.8. The molecule has 138 valence electrons. The van der Waals surface area contributed by atoms with E-state index >= 15 is 0 Å². The van der Waals surface area contributed by atoms with Crippen LogP contribution < -0.4 is 4.74 Å². The first-order chi connectivity index (χ1) is 12.9. The number of carbonyl (C=O) groups is 2. The number of non-ortho nitro benzene ring substituents is 1. The van der Waals surface area contributed by atoms with Gasteiger partial charge in [0.2, 0.25) is 5.78 Å². The second-order valence-corrected chi connectivity index (χ2v) is 6.84. The van der Waals surface area contributed by atoms with Crippen molar-refractivity contribution in [1.82, 2.24) is 0 Å². The molecule has 9 heteroatoms. The number of esters is 1. The molecule has 0 fully saturated rings. The molecule has 3 rings (SSSR count). The van der Waals surface area contributed by atoms with E-state index < -0.39 is 23.3 Å². The fourth-order valence-electron chi connectivity index (χ4n) is 2.38. The van der Waals surface area contributed by atoms with E-state index in [1.807, 2.05) is 0 Å². The molecule has 27 heavy (non-hydrogen) atoms. The zero-order chi connectivity index (χ0) is 19.6. The lowest BCUT2D eigenvalue weighted by atomic mass is 10.1. The van der Waals surface area contributed by atoms with Crippen LogP contribution in [0.1, 0.15) is 20.0 Å². The van der Waals surface area contributed by atoms with Crippen molar-refractivity contribution in [2.45, 2.75) is 0 Å². The van der Waals surface area contributed by atoms with Gasteiger partial charge in [-0.3, -0.25) is 14.9 Å². The van der Waals surface area contributed by atoms with Crippen LogP contribution in [0.2, 0.25) is 5.02 Å². The lowest BCUT2D eigenvalue weighted by Crippen LogP contribution is -2.14. The van der Waals surface area contributed by atoms with E-state index in [0.717, 1.165) is 22.1 Å². The number of nitro groups is 1. The predicted molar refractivity (Wildman–Crippen MR) is 101 cm³/mol. The largest absolute Gasteiger partial charge is 0.497 e. The molecule has 0 saturated heterocycles. The number of thiophene rings is 1. The van der Waals surface area contributed by atoms with Gasteiger partial charge in [0.15, 0.2) is 6.61 Å². The Morgan fingerprint density at radius 3 is 2.70 bits per heavy atom. The monoisotopic (exact) mass is 405 g/mol. The minimum Gasteiger partial charge on any atom is -0.497 e. The highest BCUT2D eigenvalue weighted by atomic mass is 35.5. The summed E-state index contributed by atoms with van der Waals surface area (Å²) in [5.41, 5.74) is -0.127. The summed E-state index contributed by atoms with van der Waals surface area (Å²) in [6, 6.07) is 10.4. The topological polar surface area (TPSA) is 95.7 Å². The van der Waals surface area contributed by atoms with Crippen LogP contribution in [0.15, 0.2) is 42.5 Å². The maximum Gasteiger partial charge on any atom is 0.350 e. The Morgan fingerprint density at radius 2 is 2.00 bits per heavy atom. The van der Waals surface area contributed by atoms with E-state index in [1.54, 1.807) is 18.2 Å². The molecule has 0 amide bonds. The van der Waals surface area contributed by atoms with E-state index in [-0.39, 0.29) is 21.2 Å². The van der Waals surface area contributed by atoms with Crippen molar-refractivity contribution in [2.75, 3.05) is 13.7 Å². The maximum atomic E-state index is 12.3. The summed E-state index contributed by atoms with van der Waals surface area (Å²) in [6.07, 6.45) is 0. The van der Waals surface area contributed by atoms with E-state index in [2.05, 4.69) is 0 Å². The van der Waals surface area contributed by atoms with Crippen LogP contribution in [0, 0.1) is 10.1 Å². The van der Waals surface area contributed by atoms with Gasteiger partial charge in [0.05, 0.1) is 17.1 Å². The summed E-state index contributed by atoms with van der Waals surface area (Å²) in [5.74, 6) is -0.661. The van der Waals surface area contributed by atoms with Crippen LogP contribution in [-0.2, 0) is 4.74 Å². The van der Waals surface area contributed by atoms with Crippen LogP contribution in [0.25, 0.3) is 10.1 Å². The molecule has 1 aromatic heterocycles. The Labute approximate surface area is 162 Å². The number of benzene rings is 2. The molecule has 0 aliphatic heterocycles. The van der Waals surface area contributed by atoms with Crippen molar-refractivity contribution in [3.8, 4) is 5.75 Å². The molecule has 2 aromatic carbocycles. The number of Topliss-reactive ketones (excluding diaryl/α,β-unsaturated/α-hetero) is 1. The number of ketones is 1. The molecular weight excluding hydrogens is 394 g/mol. The van der Waals surface area contributed by atoms with Gasteiger partial charge in [0, 0.05) is 27.8 Å². The maximum absolute atomic E-state index is 12.3. The molecule has 0 spiro atoms. The summed E-state index contributed by atoms with van der Waals surface area (Å²) in [7, 11) is 1.53. The van der Waals surface area contributed by atoms with Gasteiger partial charge in [-0.2, -0.15) is 0 Å². The Kier molecular flexibility index (Phi) is 5.38. The molecule has 0 aliphatic carbocycles. The fourth-order valence-corrected chi connectivity index (χ4v) is 3.81. The standard InChI is InChI=1S/C18H12ClNO6S/c1-25-12-5-6-13-15(8-12)27-17(16(13)19)18(22)26-9-14(21)10-3-2-4-11(7-10)20(23)24/h2-8H,9H2,1H3. The van der Waals surface area contributed by atoms with Crippen LogP contribution in [0.5, 0.6) is 5.75 Å². The van der Waals surface area contributed by atoms with Crippen molar-refractivity contribution in [2.24, 2.45) is 0 Å². The van der Waals surface area contributed by atoms with Crippen molar-refractivity contribution in [3.63, 3.8) is 0 Å². The normalized spacial score (nSPS) is 10.6. The third-order valence-corrected chi connectivity index (χ3v) is 5.37. The summed E-state index contributed by atoms with van der Waals surface area (Å²) < 4.78 is 10.9. The van der Waals surface area contributed by atoms with E-state index in [0.29, 0.717) is 11.1 Å². The number of methoxy groups -OCH3 is 1. The van der Waals surface area contributed by atoms with Crippen LogP contribution in [-0.4, -0.2) is 30.4 Å². The molecule has 0 atom stereocenters. The number of ether oxygens (including phenoxy) is 2. The second-order valence-electron chi connectivity index (χ2n) is 5.41. The van der Waals surface area contributed by atoms with Gasteiger partial charge in [-0.25, -0.2) is 4.79 Å². The van der Waals surface area contributed by atoms with Crippen LogP contribution in [0.3, 0.4) is 0 Å². The molecule has 0 radical (unpaired) electrons. The summed E-state index contributed by atoms with van der Waals surface area (Å²) in [4.78, 5) is 34.8. The SMILES string of the molecule is COc1ccc2c(Cl)c(C(=O)OCC(=O)c3cccc([N+](=O)[O-])c3)sc2c1. The van der Waals surface area contributed by atoms with Crippen LogP contribution in [0.4, 0.5) is 5.69 Å². The zero-order valence-corrected chi connectivity index (χ0v) is 15.5. The van der Waals surface area contributed by atoms with Crippen molar-refractivity contribution < 1.29 is 24.0 Å². The number of hydrogen-bond acceptors (Lipinski definition) is 7. The van der Waals surface area contributed by atoms with Gasteiger partial charge in [-0.1, -0.05) is 23.7 Å². The molecular formula is C18H12ClNO6S. The second kappa shape index (κ2) is 7.73. The number of halogens is 1. The smallest absolute Gasteiger partial charge is 0.350 e. The number of carbonyl (C=O) groups excluding carboxylic acids is 2. The summed E-state index contributed by atoms with van der Waals surface area (Å²) >= 11 is 7.37. The average molecular weight is 406 g/mol. The minimum atomic E-state index is -0.737. The zero-order valence-electron chi connectivity index (χ0n) is 13.9. The Bertz CT molecular complexity index is 1060. The Hall–Kier alpha value is -2.97. The lowest BCUT2D eigenvalue weighted by molar-refractivity contribution is -0.384. The number of rotatable bonds is 6. The predicted octanol–water partition coefficient (Wildman–Crippen LogP) is 4.51. The quantitative estimate of drug-likeness (QED) is 0.259. The molecule has 0 bridgehead atoms. The van der Waals surface area contributed by atoms with Gasteiger partial charge in [0.1, 0.15) is 10.6 Å². The van der Waals surface area contributed by atoms with E-state index in [1.165, 1.54) is 25.3 Å². The van der Waals surface area contributed by atoms with Crippen LogP contribution >= 0.6 is 22.9 Å². The summed E-state index contributed by atoms with van der Waals surface area (Å²) in [6.45, 7) is -0.548. The van der Waals surface area contributed by atoms with Crippen molar-refractivity contribution >= 4 is 50.5 Å². The lowest BCUT2D eigenvalue weighted by Gasteiger charge is -2.03. The molecule has 7 nitrogen and oxygen atoms in total. The average Bonchev–Trinajstić information content (AvgIpc) is 3.01. The number of fused-ring (bicyclic) bond motifs is 1. The Balaban J connectivity index is 1.75. The minimum absolute atomic E-state index is 0.0872. The van der Waals surface area contributed by atoms with Gasteiger partial charge in [-0.05, 0) is 18.2 Å². The molecule has 3 aromatic rings. The van der Waals surface area contributed by atoms with E-state index in [9.17, 15) is 19.7 Å².